The number of hydrogen-bond acceptors (Lipinski definition) is 2. The molecule has 23 heavy (non-hydrogen) atoms. The number of amides is 2. The van der Waals surface area contributed by atoms with Crippen LogP contribution in [0.5, 0.6) is 0 Å². The lowest BCUT2D eigenvalue weighted by Crippen LogP contribution is -2.20. The topological polar surface area (TPSA) is 49.4 Å². The van der Waals surface area contributed by atoms with E-state index in [-0.39, 0.29) is 18.2 Å². The molecule has 4 nitrogen and oxygen atoms in total. The number of carbonyl (C=O) groups excluding carboxylic acids is 2. The Morgan fingerprint density at radius 1 is 1.30 bits per heavy atom. The van der Waals surface area contributed by atoms with Gasteiger partial charge in [-0.15, -0.1) is 0 Å². The first-order valence-corrected chi connectivity index (χ1v) is 7.77. The number of likely N-dealkylation sites (N-methyl/N-ethyl adjacent to an activating group) is 1. The average Bonchev–Trinajstić information content (AvgIpc) is 2.78. The minimum absolute atomic E-state index is 0.0798. The zero-order valence-electron chi connectivity index (χ0n) is 13.0. The maximum atomic E-state index is 12.2. The van der Waals surface area contributed by atoms with Crippen molar-refractivity contribution in [3.8, 4) is 0 Å². The largest absolute Gasteiger partial charge is 0.326 e. The van der Waals surface area contributed by atoms with Crippen molar-refractivity contribution in [1.82, 2.24) is 0 Å². The van der Waals surface area contributed by atoms with Crippen LogP contribution < -0.4 is 10.2 Å². The van der Waals surface area contributed by atoms with Gasteiger partial charge in [-0.2, -0.15) is 0 Å². The molecule has 5 heteroatoms. The molecule has 0 aliphatic carbocycles. The van der Waals surface area contributed by atoms with Gasteiger partial charge in [0.2, 0.25) is 11.8 Å². The van der Waals surface area contributed by atoms with Crippen LogP contribution in [0.1, 0.15) is 16.7 Å². The van der Waals surface area contributed by atoms with E-state index in [0.717, 1.165) is 28.1 Å². The molecule has 2 aromatic carbocycles. The van der Waals surface area contributed by atoms with E-state index < -0.39 is 0 Å². The molecule has 2 amide bonds. The van der Waals surface area contributed by atoms with Gasteiger partial charge in [-0.05, 0) is 41.8 Å². The van der Waals surface area contributed by atoms with Gasteiger partial charge in [0.05, 0.1) is 12.8 Å². The summed E-state index contributed by atoms with van der Waals surface area (Å²) in [6.45, 7) is 1.87. The first-order valence-electron chi connectivity index (χ1n) is 7.39. The molecule has 0 fully saturated rings. The van der Waals surface area contributed by atoms with Gasteiger partial charge < -0.3 is 10.2 Å². The fraction of sp³-hybridized carbons (Fsp3) is 0.222. The summed E-state index contributed by atoms with van der Waals surface area (Å²) < 4.78 is 0. The number of hydrogen-bond donors (Lipinski definition) is 1. The Bertz CT molecular complexity index is 802. The van der Waals surface area contributed by atoms with E-state index >= 15 is 0 Å². The standard InChI is InChI=1S/C18H17ClN2O2/c1-11-14(19)4-3-5-15(11)20-17(22)9-12-6-7-16-13(8-12)10-18(23)21(16)2/h3-8H,9-10H2,1-2H3,(H,20,22). The Morgan fingerprint density at radius 2 is 2.09 bits per heavy atom. The van der Waals surface area contributed by atoms with Crippen LogP contribution in [-0.4, -0.2) is 18.9 Å². The summed E-state index contributed by atoms with van der Waals surface area (Å²) in [5.74, 6) is -0.0239. The summed E-state index contributed by atoms with van der Waals surface area (Å²) in [7, 11) is 1.77. The number of halogens is 1. The maximum absolute atomic E-state index is 12.2. The molecular weight excluding hydrogens is 312 g/mol. The molecule has 1 aliphatic heterocycles. The van der Waals surface area contributed by atoms with Crippen molar-refractivity contribution in [2.24, 2.45) is 0 Å². The number of rotatable bonds is 3. The van der Waals surface area contributed by atoms with Gasteiger partial charge in [0.15, 0.2) is 0 Å². The van der Waals surface area contributed by atoms with Crippen LogP contribution in [-0.2, 0) is 22.4 Å². The highest BCUT2D eigenvalue weighted by Gasteiger charge is 2.24. The second-order valence-electron chi connectivity index (χ2n) is 5.73. The molecule has 1 N–H and O–H groups in total. The number of anilines is 2. The predicted octanol–water partition coefficient (Wildman–Crippen LogP) is 3.35. The molecule has 3 rings (SSSR count). The minimum Gasteiger partial charge on any atom is -0.326 e. The number of benzene rings is 2. The Morgan fingerprint density at radius 3 is 2.87 bits per heavy atom. The smallest absolute Gasteiger partial charge is 0.231 e. The third kappa shape index (κ3) is 3.08. The van der Waals surface area contributed by atoms with Crippen molar-refractivity contribution in [2.45, 2.75) is 19.8 Å². The van der Waals surface area contributed by atoms with E-state index in [1.807, 2.05) is 37.3 Å². The predicted molar refractivity (Wildman–Crippen MR) is 92.1 cm³/mol. The summed E-state index contributed by atoms with van der Waals surface area (Å²) in [5.41, 5.74) is 4.36. The van der Waals surface area contributed by atoms with Crippen LogP contribution in [0, 0.1) is 6.92 Å². The van der Waals surface area contributed by atoms with E-state index in [4.69, 9.17) is 11.6 Å². The Kier molecular flexibility index (Phi) is 4.09. The van der Waals surface area contributed by atoms with Crippen LogP contribution in [0.15, 0.2) is 36.4 Å². The number of carbonyl (C=O) groups is 2. The highest BCUT2D eigenvalue weighted by molar-refractivity contribution is 6.31. The highest BCUT2D eigenvalue weighted by Crippen LogP contribution is 2.28. The van der Waals surface area contributed by atoms with Crippen LogP contribution in [0.2, 0.25) is 5.02 Å². The zero-order chi connectivity index (χ0) is 16.6. The molecule has 0 unspecified atom stereocenters. The van der Waals surface area contributed by atoms with Crippen LogP contribution in [0.3, 0.4) is 0 Å². The molecule has 0 bridgehead atoms. The fourth-order valence-electron chi connectivity index (χ4n) is 2.76. The molecule has 0 saturated carbocycles. The SMILES string of the molecule is Cc1c(Cl)cccc1NC(=O)Cc1ccc2c(c1)CC(=O)N2C. The molecule has 0 saturated heterocycles. The lowest BCUT2D eigenvalue weighted by Gasteiger charge is -2.11. The summed E-state index contributed by atoms with van der Waals surface area (Å²) in [4.78, 5) is 25.6. The fourth-order valence-corrected chi connectivity index (χ4v) is 2.93. The molecule has 0 radical (unpaired) electrons. The van der Waals surface area contributed by atoms with Crippen LogP contribution in [0.4, 0.5) is 11.4 Å². The minimum atomic E-state index is -0.104. The van der Waals surface area contributed by atoms with Crippen molar-refractivity contribution in [3.05, 3.63) is 58.1 Å². The lowest BCUT2D eigenvalue weighted by molar-refractivity contribution is -0.117. The molecule has 1 aliphatic rings. The van der Waals surface area contributed by atoms with E-state index in [1.54, 1.807) is 18.0 Å². The third-order valence-electron chi connectivity index (χ3n) is 4.13. The maximum Gasteiger partial charge on any atom is 0.231 e. The number of fused-ring (bicyclic) bond motifs is 1. The van der Waals surface area contributed by atoms with Crippen molar-refractivity contribution >= 4 is 34.8 Å². The van der Waals surface area contributed by atoms with Crippen molar-refractivity contribution in [3.63, 3.8) is 0 Å². The van der Waals surface area contributed by atoms with Gasteiger partial charge in [-0.3, -0.25) is 9.59 Å². The van der Waals surface area contributed by atoms with E-state index in [1.165, 1.54) is 0 Å². The Balaban J connectivity index is 1.73. The van der Waals surface area contributed by atoms with Crippen LogP contribution in [0.25, 0.3) is 0 Å². The number of nitrogens with zero attached hydrogens (tertiary/aromatic N) is 1. The molecule has 1 heterocycles. The molecule has 2 aromatic rings. The van der Waals surface area contributed by atoms with Gasteiger partial charge >= 0.3 is 0 Å². The Hall–Kier alpha value is -2.33. The lowest BCUT2D eigenvalue weighted by atomic mass is 10.1. The van der Waals surface area contributed by atoms with Crippen molar-refractivity contribution < 1.29 is 9.59 Å². The van der Waals surface area contributed by atoms with E-state index in [2.05, 4.69) is 5.32 Å². The van der Waals surface area contributed by atoms with Gasteiger partial charge in [0, 0.05) is 23.4 Å². The zero-order valence-corrected chi connectivity index (χ0v) is 13.8. The Labute approximate surface area is 140 Å². The second kappa shape index (κ2) is 6.05. The normalized spacial score (nSPS) is 13.2. The van der Waals surface area contributed by atoms with Gasteiger partial charge in [-0.1, -0.05) is 29.8 Å². The summed E-state index contributed by atoms with van der Waals surface area (Å²) in [6.07, 6.45) is 0.659. The highest BCUT2D eigenvalue weighted by atomic mass is 35.5. The van der Waals surface area contributed by atoms with E-state index in [0.29, 0.717) is 11.4 Å². The van der Waals surface area contributed by atoms with Gasteiger partial charge in [0.25, 0.3) is 0 Å². The second-order valence-corrected chi connectivity index (χ2v) is 6.14. The molecular formula is C18H17ClN2O2. The van der Waals surface area contributed by atoms with Crippen LogP contribution >= 0.6 is 11.6 Å². The molecule has 118 valence electrons. The average molecular weight is 329 g/mol. The molecule has 0 spiro atoms. The van der Waals surface area contributed by atoms with Crippen molar-refractivity contribution in [1.29, 1.82) is 0 Å². The summed E-state index contributed by atoms with van der Waals surface area (Å²) >= 11 is 6.06. The first kappa shape index (κ1) is 15.6. The van der Waals surface area contributed by atoms with Gasteiger partial charge in [-0.25, -0.2) is 0 Å². The van der Waals surface area contributed by atoms with Gasteiger partial charge in [0.1, 0.15) is 0 Å². The summed E-state index contributed by atoms with van der Waals surface area (Å²) in [6, 6.07) is 11.1. The quantitative estimate of drug-likeness (QED) is 0.939. The summed E-state index contributed by atoms with van der Waals surface area (Å²) in [5, 5.41) is 3.51. The van der Waals surface area contributed by atoms with Crippen molar-refractivity contribution in [2.75, 3.05) is 17.3 Å². The first-order chi connectivity index (χ1) is 11.0. The third-order valence-corrected chi connectivity index (χ3v) is 4.54. The van der Waals surface area contributed by atoms with E-state index in [9.17, 15) is 9.59 Å². The number of nitrogens with one attached hydrogen (secondary N) is 1. The molecule has 0 atom stereocenters. The molecule has 0 aromatic heterocycles. The monoisotopic (exact) mass is 328 g/mol.